The minimum Gasteiger partial charge on any atom is -0.379 e. The highest BCUT2D eigenvalue weighted by Gasteiger charge is 2.16. The van der Waals surface area contributed by atoms with E-state index in [9.17, 15) is 4.79 Å². The molecule has 140 valence electrons. The lowest BCUT2D eigenvalue weighted by atomic mass is 10.2. The van der Waals surface area contributed by atoms with Gasteiger partial charge in [0.2, 0.25) is 5.91 Å². The molecule has 1 aromatic heterocycles. The second-order valence-electron chi connectivity index (χ2n) is 6.14. The van der Waals surface area contributed by atoms with Crippen LogP contribution >= 0.6 is 34.4 Å². The highest BCUT2D eigenvalue weighted by atomic mass is 127. The number of nitrogens with one attached hydrogen (secondary N) is 1. The zero-order valence-corrected chi connectivity index (χ0v) is 17.8. The highest BCUT2D eigenvalue weighted by Crippen LogP contribution is 2.20. The monoisotopic (exact) mass is 487 g/mol. The van der Waals surface area contributed by atoms with Gasteiger partial charge >= 0.3 is 0 Å². The Kier molecular flexibility index (Phi) is 6.90. The Hall–Kier alpha value is -1.17. The average Bonchev–Trinajstić information content (AvgIpc) is 2.96. The van der Waals surface area contributed by atoms with E-state index in [0.717, 1.165) is 58.6 Å². The molecule has 0 atom stereocenters. The molecule has 3 rings (SSSR count). The maximum Gasteiger partial charge on any atom is 0.234 e. The predicted molar refractivity (Wildman–Crippen MR) is 110 cm³/mol. The highest BCUT2D eigenvalue weighted by molar-refractivity contribution is 14.1. The van der Waals surface area contributed by atoms with Gasteiger partial charge in [-0.3, -0.25) is 9.69 Å². The van der Waals surface area contributed by atoms with Crippen molar-refractivity contribution in [2.24, 2.45) is 7.05 Å². The zero-order valence-electron chi connectivity index (χ0n) is 14.9. The molecule has 9 heteroatoms. The Morgan fingerprint density at radius 2 is 2.12 bits per heavy atom. The lowest BCUT2D eigenvalue weighted by Gasteiger charge is -2.25. The molecule has 0 spiro atoms. The Morgan fingerprint density at radius 3 is 2.85 bits per heavy atom. The third kappa shape index (κ3) is 5.18. The molecule has 0 radical (unpaired) electrons. The van der Waals surface area contributed by atoms with E-state index in [0.29, 0.717) is 5.75 Å². The molecular formula is C17H22IN5O2S. The van der Waals surface area contributed by atoms with Gasteiger partial charge in [-0.2, -0.15) is 0 Å². The summed E-state index contributed by atoms with van der Waals surface area (Å²) in [5.41, 5.74) is 1.91. The lowest BCUT2D eigenvalue weighted by molar-refractivity contribution is -0.113. The Morgan fingerprint density at radius 1 is 1.35 bits per heavy atom. The van der Waals surface area contributed by atoms with Crippen LogP contribution in [0.15, 0.2) is 23.4 Å². The topological polar surface area (TPSA) is 72.3 Å². The molecule has 0 unspecified atom stereocenters. The van der Waals surface area contributed by atoms with Crippen LogP contribution in [0.4, 0.5) is 5.69 Å². The molecule has 1 N–H and O–H groups in total. The molecule has 0 bridgehead atoms. The third-order valence-corrected chi connectivity index (χ3v) is 5.88. The first-order valence-corrected chi connectivity index (χ1v) is 10.5. The number of morpholine rings is 1. The average molecular weight is 487 g/mol. The SMILES string of the molecule is Cc1cc(I)ccc1NC(=O)CSc1nnc(CN2CCOCC2)n1C. The Balaban J connectivity index is 1.53. The lowest BCUT2D eigenvalue weighted by Crippen LogP contribution is -2.36. The van der Waals surface area contributed by atoms with Crippen molar-refractivity contribution in [1.82, 2.24) is 19.7 Å². The van der Waals surface area contributed by atoms with Crippen molar-refractivity contribution in [2.75, 3.05) is 37.4 Å². The van der Waals surface area contributed by atoms with Gasteiger partial charge in [-0.25, -0.2) is 0 Å². The van der Waals surface area contributed by atoms with E-state index >= 15 is 0 Å². The molecule has 1 fully saturated rings. The summed E-state index contributed by atoms with van der Waals surface area (Å²) < 4.78 is 8.48. The van der Waals surface area contributed by atoms with Crippen molar-refractivity contribution in [3.8, 4) is 0 Å². The summed E-state index contributed by atoms with van der Waals surface area (Å²) in [7, 11) is 1.94. The zero-order chi connectivity index (χ0) is 18.5. The largest absolute Gasteiger partial charge is 0.379 e. The van der Waals surface area contributed by atoms with Crippen molar-refractivity contribution in [2.45, 2.75) is 18.6 Å². The first kappa shape index (κ1) is 19.6. The van der Waals surface area contributed by atoms with Crippen LogP contribution in [0.1, 0.15) is 11.4 Å². The van der Waals surface area contributed by atoms with E-state index < -0.39 is 0 Å². The fourth-order valence-corrected chi connectivity index (χ4v) is 4.03. The molecule has 7 nitrogen and oxygen atoms in total. The van der Waals surface area contributed by atoms with Gasteiger partial charge in [0.15, 0.2) is 5.16 Å². The smallest absolute Gasteiger partial charge is 0.234 e. The normalized spacial score (nSPS) is 15.2. The predicted octanol–water partition coefficient (Wildman–Crippen LogP) is 2.29. The van der Waals surface area contributed by atoms with Crippen molar-refractivity contribution in [3.05, 3.63) is 33.2 Å². The number of ether oxygens (including phenoxy) is 1. The minimum absolute atomic E-state index is 0.0444. The van der Waals surface area contributed by atoms with Gasteiger partial charge in [0.05, 0.1) is 25.5 Å². The van der Waals surface area contributed by atoms with Crippen LogP contribution < -0.4 is 5.32 Å². The van der Waals surface area contributed by atoms with E-state index in [4.69, 9.17) is 4.74 Å². The second-order valence-corrected chi connectivity index (χ2v) is 8.33. The van der Waals surface area contributed by atoms with E-state index in [-0.39, 0.29) is 5.91 Å². The molecule has 1 aliphatic rings. The first-order chi connectivity index (χ1) is 12.5. The minimum atomic E-state index is -0.0444. The molecule has 1 amide bonds. The summed E-state index contributed by atoms with van der Waals surface area (Å²) in [5, 5.41) is 12.2. The molecule has 0 saturated carbocycles. The van der Waals surface area contributed by atoms with Gasteiger partial charge in [0.25, 0.3) is 0 Å². The standard InChI is InChI=1S/C17H22IN5O2S/c1-12-9-13(18)3-4-14(12)19-16(24)11-26-17-21-20-15(22(17)2)10-23-5-7-25-8-6-23/h3-4,9H,5-8,10-11H2,1-2H3,(H,19,24). The summed E-state index contributed by atoms with van der Waals surface area (Å²) in [4.78, 5) is 14.5. The van der Waals surface area contributed by atoms with E-state index in [2.05, 4.69) is 43.0 Å². The number of benzene rings is 1. The Labute approximate surface area is 171 Å². The van der Waals surface area contributed by atoms with Gasteiger partial charge in [0, 0.05) is 29.4 Å². The summed E-state index contributed by atoms with van der Waals surface area (Å²) in [6, 6.07) is 5.96. The fraction of sp³-hybridized carbons (Fsp3) is 0.471. The maximum absolute atomic E-state index is 12.2. The number of nitrogens with zero attached hydrogens (tertiary/aromatic N) is 4. The van der Waals surface area contributed by atoms with Gasteiger partial charge in [-0.15, -0.1) is 10.2 Å². The molecular weight excluding hydrogens is 465 g/mol. The number of hydrogen-bond donors (Lipinski definition) is 1. The summed E-state index contributed by atoms with van der Waals surface area (Å²) >= 11 is 3.66. The molecule has 1 aliphatic heterocycles. The number of carbonyl (C=O) groups is 1. The van der Waals surface area contributed by atoms with Crippen LogP contribution in [0.5, 0.6) is 0 Å². The number of hydrogen-bond acceptors (Lipinski definition) is 6. The third-order valence-electron chi connectivity index (χ3n) is 4.19. The van der Waals surface area contributed by atoms with Crippen molar-refractivity contribution in [1.29, 1.82) is 0 Å². The number of thioether (sulfide) groups is 1. The number of rotatable bonds is 6. The molecule has 26 heavy (non-hydrogen) atoms. The van der Waals surface area contributed by atoms with Crippen LogP contribution in [-0.2, 0) is 23.1 Å². The fourth-order valence-electron chi connectivity index (χ4n) is 2.65. The number of carbonyl (C=O) groups excluding carboxylic acids is 1. The number of amides is 1. The molecule has 0 aliphatic carbocycles. The van der Waals surface area contributed by atoms with E-state index in [1.54, 1.807) is 0 Å². The van der Waals surface area contributed by atoms with E-state index in [1.165, 1.54) is 11.8 Å². The molecule has 1 aromatic carbocycles. The van der Waals surface area contributed by atoms with Crippen LogP contribution in [0.2, 0.25) is 0 Å². The van der Waals surface area contributed by atoms with Crippen LogP contribution in [-0.4, -0.2) is 57.6 Å². The van der Waals surface area contributed by atoms with Gasteiger partial charge in [-0.1, -0.05) is 11.8 Å². The molecule has 2 heterocycles. The van der Waals surface area contributed by atoms with E-state index in [1.807, 2.05) is 36.7 Å². The first-order valence-electron chi connectivity index (χ1n) is 8.40. The number of halogens is 1. The van der Waals surface area contributed by atoms with Gasteiger partial charge < -0.3 is 14.6 Å². The van der Waals surface area contributed by atoms with Crippen molar-refractivity contribution < 1.29 is 9.53 Å². The summed E-state index contributed by atoms with van der Waals surface area (Å²) in [6.07, 6.45) is 0. The molecule has 2 aromatic rings. The number of aromatic nitrogens is 3. The molecule has 1 saturated heterocycles. The van der Waals surface area contributed by atoms with Crippen LogP contribution in [0.25, 0.3) is 0 Å². The quantitative estimate of drug-likeness (QED) is 0.498. The second kappa shape index (κ2) is 9.16. The number of aryl methyl sites for hydroxylation is 1. The summed E-state index contributed by atoms with van der Waals surface area (Å²) in [6.45, 7) is 6.09. The van der Waals surface area contributed by atoms with Crippen molar-refractivity contribution in [3.63, 3.8) is 0 Å². The van der Waals surface area contributed by atoms with Crippen LogP contribution in [0.3, 0.4) is 0 Å². The summed E-state index contributed by atoms with van der Waals surface area (Å²) in [5.74, 6) is 1.16. The van der Waals surface area contributed by atoms with Gasteiger partial charge in [0.1, 0.15) is 5.82 Å². The van der Waals surface area contributed by atoms with Crippen molar-refractivity contribution >= 4 is 45.9 Å². The maximum atomic E-state index is 12.2. The Bertz CT molecular complexity index is 777. The van der Waals surface area contributed by atoms with Gasteiger partial charge in [-0.05, 0) is 53.3 Å². The number of anilines is 1. The van der Waals surface area contributed by atoms with Crippen LogP contribution in [0, 0.1) is 10.5 Å².